The van der Waals surface area contributed by atoms with Crippen molar-refractivity contribution in [1.29, 1.82) is 0 Å². The number of carbonyl (C=O) groups is 1. The van der Waals surface area contributed by atoms with Crippen LogP contribution < -0.4 is 5.73 Å². The number of primary amides is 1. The Hall–Kier alpha value is -2.24. The van der Waals surface area contributed by atoms with Gasteiger partial charge in [-0.3, -0.25) is 4.79 Å². The fraction of sp³-hybridized carbons (Fsp3) is 0. The molecule has 0 spiro atoms. The van der Waals surface area contributed by atoms with Gasteiger partial charge in [-0.1, -0.05) is 12.1 Å². The first-order valence-electron chi connectivity index (χ1n) is 6.39. The molecule has 21 heavy (non-hydrogen) atoms. The molecule has 0 aliphatic carbocycles. The van der Waals surface area contributed by atoms with Crippen molar-refractivity contribution in [2.75, 3.05) is 0 Å². The van der Waals surface area contributed by atoms with Gasteiger partial charge in [0.2, 0.25) is 5.91 Å². The van der Waals surface area contributed by atoms with Crippen molar-refractivity contribution in [2.24, 2.45) is 5.73 Å². The van der Waals surface area contributed by atoms with E-state index >= 15 is 0 Å². The van der Waals surface area contributed by atoms with Crippen LogP contribution in [0.25, 0.3) is 30.9 Å². The summed E-state index contributed by atoms with van der Waals surface area (Å²) in [5, 5.41) is 4.10. The number of benzene rings is 2. The first kappa shape index (κ1) is 12.5. The molecule has 2 heterocycles. The summed E-state index contributed by atoms with van der Waals surface area (Å²) in [6, 6.07) is 13.7. The van der Waals surface area contributed by atoms with Crippen LogP contribution in [0.5, 0.6) is 0 Å². The van der Waals surface area contributed by atoms with Crippen LogP contribution in [-0.2, 0) is 0 Å². The van der Waals surface area contributed by atoms with E-state index in [4.69, 9.17) is 5.73 Å². The van der Waals surface area contributed by atoms with Crippen LogP contribution in [-0.4, -0.2) is 10.9 Å². The summed E-state index contributed by atoms with van der Waals surface area (Å²) in [4.78, 5) is 16.1. The number of para-hydroxylation sites is 1. The minimum absolute atomic E-state index is 0.404. The fourth-order valence-corrected chi connectivity index (χ4v) is 4.33. The first-order chi connectivity index (χ1) is 10.2. The van der Waals surface area contributed by atoms with E-state index in [1.54, 1.807) is 28.7 Å². The minimum atomic E-state index is -0.404. The van der Waals surface area contributed by atoms with Gasteiger partial charge in [0.15, 0.2) is 0 Å². The predicted molar refractivity (Wildman–Crippen MR) is 89.0 cm³/mol. The van der Waals surface area contributed by atoms with Crippen LogP contribution in [0.3, 0.4) is 0 Å². The lowest BCUT2D eigenvalue weighted by molar-refractivity contribution is 0.100. The van der Waals surface area contributed by atoms with Gasteiger partial charge in [-0.15, -0.1) is 22.7 Å². The number of thiophene rings is 1. The third-order valence-corrected chi connectivity index (χ3v) is 5.42. The zero-order chi connectivity index (χ0) is 14.4. The van der Waals surface area contributed by atoms with E-state index in [0.717, 1.165) is 30.9 Å². The van der Waals surface area contributed by atoms with Gasteiger partial charge in [-0.05, 0) is 30.3 Å². The lowest BCUT2D eigenvalue weighted by Gasteiger charge is -1.98. The minimum Gasteiger partial charge on any atom is -0.366 e. The second-order valence-electron chi connectivity index (χ2n) is 4.71. The molecule has 1 amide bonds. The van der Waals surface area contributed by atoms with E-state index in [9.17, 15) is 4.79 Å². The Bertz CT molecular complexity index is 951. The summed E-state index contributed by atoms with van der Waals surface area (Å²) >= 11 is 3.32. The first-order valence-corrected chi connectivity index (χ1v) is 8.09. The van der Waals surface area contributed by atoms with Crippen molar-refractivity contribution in [3.05, 3.63) is 53.4 Å². The number of nitrogens with two attached hydrogens (primary N) is 1. The summed E-state index contributed by atoms with van der Waals surface area (Å²) in [7, 11) is 0. The molecule has 102 valence electrons. The fourth-order valence-electron chi connectivity index (χ4n) is 2.34. The lowest BCUT2D eigenvalue weighted by Crippen LogP contribution is -2.10. The third kappa shape index (κ3) is 2.02. The molecule has 4 rings (SSSR count). The van der Waals surface area contributed by atoms with Gasteiger partial charge >= 0.3 is 0 Å². The Balaban J connectivity index is 1.96. The topological polar surface area (TPSA) is 56.0 Å². The predicted octanol–water partition coefficient (Wildman–Crippen LogP) is 4.28. The molecule has 0 unspecified atom stereocenters. The summed E-state index contributed by atoms with van der Waals surface area (Å²) in [5.41, 5.74) is 7.98. The molecule has 0 fully saturated rings. The number of thiazole rings is 1. The highest BCUT2D eigenvalue weighted by Crippen LogP contribution is 2.38. The number of aromatic nitrogens is 1. The van der Waals surface area contributed by atoms with Crippen LogP contribution in [0.4, 0.5) is 0 Å². The average molecular weight is 310 g/mol. The summed E-state index contributed by atoms with van der Waals surface area (Å²) in [6.07, 6.45) is 0. The van der Waals surface area contributed by atoms with Crippen LogP contribution in [0.15, 0.2) is 47.8 Å². The van der Waals surface area contributed by atoms with Gasteiger partial charge < -0.3 is 5.73 Å². The highest BCUT2D eigenvalue weighted by molar-refractivity contribution is 7.22. The van der Waals surface area contributed by atoms with Crippen molar-refractivity contribution in [3.8, 4) is 10.6 Å². The van der Waals surface area contributed by atoms with Crippen LogP contribution in [0, 0.1) is 0 Å². The molecular formula is C16H10N2OS2. The second kappa shape index (κ2) is 4.65. The molecule has 0 radical (unpaired) electrons. The molecule has 0 aliphatic heterocycles. The van der Waals surface area contributed by atoms with Crippen molar-refractivity contribution in [1.82, 2.24) is 4.98 Å². The maximum atomic E-state index is 11.4. The summed E-state index contributed by atoms with van der Waals surface area (Å²) in [6.45, 7) is 0. The third-order valence-electron chi connectivity index (χ3n) is 3.38. The Labute approximate surface area is 128 Å². The normalized spacial score (nSPS) is 11.2. The largest absolute Gasteiger partial charge is 0.366 e. The number of hydrogen-bond donors (Lipinski definition) is 1. The number of amides is 1. The molecule has 0 atom stereocenters. The number of hydrogen-bond acceptors (Lipinski definition) is 4. The maximum absolute atomic E-state index is 11.4. The lowest BCUT2D eigenvalue weighted by atomic mass is 10.1. The highest BCUT2D eigenvalue weighted by Gasteiger charge is 2.12. The zero-order valence-corrected chi connectivity index (χ0v) is 12.5. The molecule has 0 aliphatic rings. The summed E-state index contributed by atoms with van der Waals surface area (Å²) in [5.74, 6) is -0.404. The van der Waals surface area contributed by atoms with E-state index in [1.807, 2.05) is 30.3 Å². The van der Waals surface area contributed by atoms with E-state index in [1.165, 1.54) is 0 Å². The zero-order valence-electron chi connectivity index (χ0n) is 10.9. The molecule has 4 aromatic rings. The molecule has 0 saturated carbocycles. The smallest absolute Gasteiger partial charge is 0.248 e. The SMILES string of the molecule is NC(=O)c1ccc2scc(-c3nc4ccccc4s3)c2c1. The van der Waals surface area contributed by atoms with Crippen molar-refractivity contribution >= 4 is 48.9 Å². The molecule has 0 saturated heterocycles. The average Bonchev–Trinajstić information content (AvgIpc) is 3.09. The van der Waals surface area contributed by atoms with E-state index in [-0.39, 0.29) is 0 Å². The molecule has 0 bridgehead atoms. The standard InChI is InChI=1S/C16H10N2OS2/c17-15(19)9-5-6-13-10(7-9)11(8-20-13)16-18-12-3-1-2-4-14(12)21-16/h1-8H,(H2,17,19). The molecule has 2 aromatic carbocycles. The second-order valence-corrected chi connectivity index (χ2v) is 6.65. The van der Waals surface area contributed by atoms with Crippen molar-refractivity contribution in [2.45, 2.75) is 0 Å². The van der Waals surface area contributed by atoms with E-state index < -0.39 is 5.91 Å². The van der Waals surface area contributed by atoms with Gasteiger partial charge in [-0.2, -0.15) is 0 Å². The van der Waals surface area contributed by atoms with Crippen molar-refractivity contribution in [3.63, 3.8) is 0 Å². The van der Waals surface area contributed by atoms with Gasteiger partial charge in [0, 0.05) is 26.6 Å². The number of nitrogens with zero attached hydrogens (tertiary/aromatic N) is 1. The highest BCUT2D eigenvalue weighted by atomic mass is 32.1. The molecule has 3 nitrogen and oxygen atoms in total. The number of rotatable bonds is 2. The Morgan fingerprint density at radius 2 is 1.95 bits per heavy atom. The van der Waals surface area contributed by atoms with Crippen LogP contribution >= 0.6 is 22.7 Å². The Morgan fingerprint density at radius 3 is 2.76 bits per heavy atom. The summed E-state index contributed by atoms with van der Waals surface area (Å²) < 4.78 is 2.30. The van der Waals surface area contributed by atoms with Gasteiger partial charge in [0.1, 0.15) is 5.01 Å². The number of fused-ring (bicyclic) bond motifs is 2. The number of carbonyl (C=O) groups excluding carboxylic acids is 1. The Morgan fingerprint density at radius 1 is 1.10 bits per heavy atom. The van der Waals surface area contributed by atoms with Gasteiger partial charge in [0.25, 0.3) is 0 Å². The molecule has 2 aromatic heterocycles. The molecule has 2 N–H and O–H groups in total. The van der Waals surface area contributed by atoms with Crippen LogP contribution in [0.1, 0.15) is 10.4 Å². The van der Waals surface area contributed by atoms with E-state index in [0.29, 0.717) is 5.56 Å². The maximum Gasteiger partial charge on any atom is 0.248 e. The van der Waals surface area contributed by atoms with Gasteiger partial charge in [-0.25, -0.2) is 4.98 Å². The quantitative estimate of drug-likeness (QED) is 0.601. The van der Waals surface area contributed by atoms with Crippen LogP contribution in [0.2, 0.25) is 0 Å². The molecular weight excluding hydrogens is 300 g/mol. The van der Waals surface area contributed by atoms with Gasteiger partial charge in [0.05, 0.1) is 10.2 Å². The van der Waals surface area contributed by atoms with Crippen molar-refractivity contribution < 1.29 is 4.79 Å². The molecule has 5 heteroatoms. The van der Waals surface area contributed by atoms with E-state index in [2.05, 4.69) is 16.4 Å². The Kier molecular flexibility index (Phi) is 2.77. The monoisotopic (exact) mass is 310 g/mol.